The van der Waals surface area contributed by atoms with Crippen LogP contribution in [0.3, 0.4) is 0 Å². The summed E-state index contributed by atoms with van der Waals surface area (Å²) in [5.74, 6) is -1.70. The number of benzene rings is 1. The van der Waals surface area contributed by atoms with E-state index in [0.717, 1.165) is 44.9 Å². The molecule has 1 aliphatic rings. The Bertz CT molecular complexity index is 938. The lowest BCUT2D eigenvalue weighted by molar-refractivity contribution is -0.143. The predicted octanol–water partition coefficient (Wildman–Crippen LogP) is 3.67. The van der Waals surface area contributed by atoms with Crippen molar-refractivity contribution < 1.29 is 29.0 Å². The van der Waals surface area contributed by atoms with Crippen LogP contribution in [0.25, 0.3) is 0 Å². The van der Waals surface area contributed by atoms with Gasteiger partial charge >= 0.3 is 6.09 Å². The van der Waals surface area contributed by atoms with Crippen LogP contribution in [0.1, 0.15) is 97.1 Å². The van der Waals surface area contributed by atoms with E-state index in [-0.39, 0.29) is 24.2 Å². The predicted molar refractivity (Wildman–Crippen MR) is 144 cm³/mol. The average Bonchev–Trinajstić information content (AvgIpc) is 2.83. The molecule has 10 nitrogen and oxygen atoms in total. The highest BCUT2D eigenvalue weighted by atomic mass is 16.6. The molecule has 5 N–H and O–H groups in total. The lowest BCUT2D eigenvalue weighted by Gasteiger charge is -2.35. The fourth-order valence-corrected chi connectivity index (χ4v) is 4.61. The molecule has 38 heavy (non-hydrogen) atoms. The van der Waals surface area contributed by atoms with Gasteiger partial charge in [-0.3, -0.25) is 14.4 Å². The fourth-order valence-electron chi connectivity index (χ4n) is 4.61. The summed E-state index contributed by atoms with van der Waals surface area (Å²) >= 11 is 0. The highest BCUT2D eigenvalue weighted by Crippen LogP contribution is 2.27. The van der Waals surface area contributed by atoms with Gasteiger partial charge in [-0.1, -0.05) is 51.2 Å². The molecule has 4 amide bonds. The number of hydrogen-bond acceptors (Lipinski definition) is 6. The first kappa shape index (κ1) is 30.9. The van der Waals surface area contributed by atoms with E-state index in [1.165, 1.54) is 17.0 Å². The summed E-state index contributed by atoms with van der Waals surface area (Å²) in [5.41, 5.74) is 5.12. The number of nitrogens with one attached hydrogen (secondary N) is 2. The van der Waals surface area contributed by atoms with Gasteiger partial charge in [0, 0.05) is 12.6 Å². The Morgan fingerprint density at radius 2 is 1.71 bits per heavy atom. The van der Waals surface area contributed by atoms with Crippen LogP contribution in [0.15, 0.2) is 24.3 Å². The van der Waals surface area contributed by atoms with Crippen molar-refractivity contribution in [1.29, 1.82) is 0 Å². The second-order valence-electron chi connectivity index (χ2n) is 10.9. The summed E-state index contributed by atoms with van der Waals surface area (Å²) in [6.45, 7) is 7.31. The van der Waals surface area contributed by atoms with Gasteiger partial charge in [0.25, 0.3) is 0 Å². The molecule has 212 valence electrons. The molecule has 0 radical (unpaired) electrons. The van der Waals surface area contributed by atoms with E-state index in [1.807, 2.05) is 6.92 Å². The highest BCUT2D eigenvalue weighted by molar-refractivity contribution is 5.94. The van der Waals surface area contributed by atoms with Gasteiger partial charge in [-0.15, -0.1) is 0 Å². The monoisotopic (exact) mass is 532 g/mol. The van der Waals surface area contributed by atoms with Gasteiger partial charge in [0.1, 0.15) is 23.4 Å². The number of alkyl carbamates (subject to hydrolysis) is 1. The fraction of sp³-hybridized carbons (Fsp3) is 0.643. The van der Waals surface area contributed by atoms with E-state index in [9.17, 15) is 24.3 Å². The van der Waals surface area contributed by atoms with Crippen LogP contribution in [-0.2, 0) is 19.1 Å². The van der Waals surface area contributed by atoms with Crippen LogP contribution >= 0.6 is 0 Å². The minimum absolute atomic E-state index is 0.00441. The molecule has 1 aromatic carbocycles. The number of carbonyl (C=O) groups excluding carboxylic acids is 4. The van der Waals surface area contributed by atoms with Gasteiger partial charge in [-0.25, -0.2) is 4.79 Å². The Hall–Kier alpha value is -3.30. The Morgan fingerprint density at radius 3 is 2.26 bits per heavy atom. The second-order valence-corrected chi connectivity index (χ2v) is 10.9. The van der Waals surface area contributed by atoms with Gasteiger partial charge in [-0.2, -0.15) is 0 Å². The summed E-state index contributed by atoms with van der Waals surface area (Å²) in [7, 11) is 0. The van der Waals surface area contributed by atoms with Gasteiger partial charge < -0.3 is 31.1 Å². The van der Waals surface area contributed by atoms with E-state index in [2.05, 4.69) is 10.6 Å². The number of carbonyl (C=O) groups is 4. The number of nitrogens with zero attached hydrogens (tertiary/aromatic N) is 1. The Labute approximate surface area is 225 Å². The molecule has 0 heterocycles. The maximum atomic E-state index is 14.0. The van der Waals surface area contributed by atoms with Crippen LogP contribution in [0.4, 0.5) is 4.79 Å². The van der Waals surface area contributed by atoms with Crippen molar-refractivity contribution >= 4 is 23.8 Å². The first-order valence-corrected chi connectivity index (χ1v) is 13.6. The minimum atomic E-state index is -1.31. The lowest BCUT2D eigenvalue weighted by atomic mass is 9.94. The molecule has 10 heteroatoms. The van der Waals surface area contributed by atoms with E-state index in [4.69, 9.17) is 10.5 Å². The lowest BCUT2D eigenvalue weighted by Crippen LogP contribution is -2.55. The number of hydrogen-bond donors (Lipinski definition) is 4. The number of unbranched alkanes of at least 4 members (excludes halogenated alkanes) is 2. The van der Waals surface area contributed by atoms with Crippen molar-refractivity contribution in [1.82, 2.24) is 15.5 Å². The number of ether oxygens (including phenoxy) is 1. The van der Waals surface area contributed by atoms with Crippen molar-refractivity contribution in [3.05, 3.63) is 29.8 Å². The molecule has 1 saturated carbocycles. The van der Waals surface area contributed by atoms with Crippen LogP contribution in [0.5, 0.6) is 5.75 Å². The summed E-state index contributed by atoms with van der Waals surface area (Å²) in [6, 6.07) is 3.79. The maximum Gasteiger partial charge on any atom is 0.408 e. The highest BCUT2D eigenvalue weighted by Gasteiger charge is 2.37. The van der Waals surface area contributed by atoms with Gasteiger partial charge in [0.15, 0.2) is 0 Å². The third kappa shape index (κ3) is 10.2. The van der Waals surface area contributed by atoms with Crippen LogP contribution in [0, 0.1) is 0 Å². The van der Waals surface area contributed by atoms with Crippen molar-refractivity contribution in [3.63, 3.8) is 0 Å². The van der Waals surface area contributed by atoms with E-state index in [1.54, 1.807) is 32.9 Å². The zero-order chi connectivity index (χ0) is 28.3. The van der Waals surface area contributed by atoms with Crippen molar-refractivity contribution in [3.8, 4) is 5.75 Å². The van der Waals surface area contributed by atoms with Crippen molar-refractivity contribution in [2.45, 2.75) is 109 Å². The standard InChI is InChI=1S/C28H44N4O6/c1-5-6-10-17-32(26(36)22(18-23(29)34)31-27(37)38-28(2,3)4)24(19-13-15-21(33)16-14-19)25(35)30-20-11-8-7-9-12-20/h13-16,20,22,24,33H,5-12,17-18H2,1-4H3,(H2,29,34)(H,30,35)(H,31,37). The molecular weight excluding hydrogens is 488 g/mol. The average molecular weight is 533 g/mol. The first-order valence-electron chi connectivity index (χ1n) is 13.6. The molecule has 0 bridgehead atoms. The first-order chi connectivity index (χ1) is 17.9. The Kier molecular flexibility index (Phi) is 11.9. The number of primary amides is 1. The van der Waals surface area contributed by atoms with Gasteiger partial charge in [-0.05, 0) is 57.7 Å². The molecule has 1 aromatic rings. The molecular formula is C28H44N4O6. The molecule has 2 rings (SSSR count). The minimum Gasteiger partial charge on any atom is -0.508 e. The van der Waals surface area contributed by atoms with Crippen LogP contribution < -0.4 is 16.4 Å². The van der Waals surface area contributed by atoms with E-state index in [0.29, 0.717) is 12.0 Å². The number of amides is 4. The SMILES string of the molecule is CCCCCN(C(=O)C(CC(N)=O)NC(=O)OC(C)(C)C)C(C(=O)NC1CCCCC1)c1ccc(O)cc1. The maximum absolute atomic E-state index is 14.0. The molecule has 0 aromatic heterocycles. The van der Waals surface area contributed by atoms with Crippen LogP contribution in [-0.4, -0.2) is 58.1 Å². The molecule has 0 spiro atoms. The van der Waals surface area contributed by atoms with E-state index < -0.39 is 42.0 Å². The van der Waals surface area contributed by atoms with E-state index >= 15 is 0 Å². The topological polar surface area (TPSA) is 151 Å². The largest absolute Gasteiger partial charge is 0.508 e. The number of phenols is 1. The third-order valence-corrected chi connectivity index (χ3v) is 6.40. The Morgan fingerprint density at radius 1 is 1.08 bits per heavy atom. The Balaban J connectivity index is 2.45. The van der Waals surface area contributed by atoms with Gasteiger partial charge in [0.05, 0.1) is 6.42 Å². The zero-order valence-electron chi connectivity index (χ0n) is 23.1. The number of rotatable bonds is 12. The second kappa shape index (κ2) is 14.6. The smallest absolute Gasteiger partial charge is 0.408 e. The molecule has 0 saturated heterocycles. The molecule has 2 atom stereocenters. The molecule has 1 fully saturated rings. The summed E-state index contributed by atoms with van der Waals surface area (Å²) in [6.07, 6.45) is 5.90. The quantitative estimate of drug-likeness (QED) is 0.302. The summed E-state index contributed by atoms with van der Waals surface area (Å²) in [5, 5.41) is 15.4. The number of aromatic hydroxyl groups is 1. The summed E-state index contributed by atoms with van der Waals surface area (Å²) in [4.78, 5) is 53.6. The number of nitrogens with two attached hydrogens (primary N) is 1. The van der Waals surface area contributed by atoms with Crippen LogP contribution in [0.2, 0.25) is 0 Å². The molecule has 1 aliphatic carbocycles. The zero-order valence-corrected chi connectivity index (χ0v) is 23.1. The molecule has 0 aliphatic heterocycles. The number of phenolic OH excluding ortho intramolecular Hbond substituents is 1. The summed E-state index contributed by atoms with van der Waals surface area (Å²) < 4.78 is 5.30. The normalized spacial score (nSPS) is 15.7. The van der Waals surface area contributed by atoms with Crippen molar-refractivity contribution in [2.75, 3.05) is 6.54 Å². The van der Waals surface area contributed by atoms with Gasteiger partial charge in [0.2, 0.25) is 17.7 Å². The van der Waals surface area contributed by atoms with Crippen molar-refractivity contribution in [2.24, 2.45) is 5.73 Å². The third-order valence-electron chi connectivity index (χ3n) is 6.40. The molecule has 2 unspecified atom stereocenters.